The third-order valence-electron chi connectivity index (χ3n) is 4.46. The van der Waals surface area contributed by atoms with Gasteiger partial charge >= 0.3 is 6.09 Å². The van der Waals surface area contributed by atoms with Crippen LogP contribution in [0.15, 0.2) is 48.5 Å². The lowest BCUT2D eigenvalue weighted by Gasteiger charge is -2.15. The molecule has 1 amide bonds. The molecule has 1 saturated heterocycles. The van der Waals surface area contributed by atoms with Crippen LogP contribution in [0.1, 0.15) is 12.0 Å². The largest absolute Gasteiger partial charge is 0.497 e. The molecule has 144 valence electrons. The van der Waals surface area contributed by atoms with Crippen molar-refractivity contribution in [2.75, 3.05) is 39.2 Å². The summed E-state index contributed by atoms with van der Waals surface area (Å²) in [6.07, 6.45) is 0.476. The van der Waals surface area contributed by atoms with Crippen LogP contribution in [0.5, 0.6) is 11.5 Å². The number of rotatable bonds is 8. The summed E-state index contributed by atoms with van der Waals surface area (Å²) in [5, 5.41) is 0. The third-order valence-corrected chi connectivity index (χ3v) is 4.46. The van der Waals surface area contributed by atoms with Crippen LogP contribution in [0.3, 0.4) is 0 Å². The van der Waals surface area contributed by atoms with Crippen LogP contribution in [0.2, 0.25) is 0 Å². The topological polar surface area (TPSA) is 51.2 Å². The summed E-state index contributed by atoms with van der Waals surface area (Å²) in [6.45, 7) is 1.93. The summed E-state index contributed by atoms with van der Waals surface area (Å²) < 4.78 is 16.5. The van der Waals surface area contributed by atoms with Gasteiger partial charge in [0.05, 0.1) is 13.7 Å². The number of amides is 1. The van der Waals surface area contributed by atoms with E-state index < -0.39 is 0 Å². The van der Waals surface area contributed by atoms with Gasteiger partial charge in [-0.25, -0.2) is 4.79 Å². The first-order valence-corrected chi connectivity index (χ1v) is 9.04. The molecule has 6 nitrogen and oxygen atoms in total. The van der Waals surface area contributed by atoms with E-state index in [1.807, 2.05) is 62.6 Å². The highest BCUT2D eigenvalue weighted by molar-refractivity contribution is 5.89. The van der Waals surface area contributed by atoms with Crippen LogP contribution < -0.4 is 14.4 Å². The number of hydrogen-bond acceptors (Lipinski definition) is 5. The van der Waals surface area contributed by atoms with Crippen molar-refractivity contribution in [3.63, 3.8) is 0 Å². The van der Waals surface area contributed by atoms with Crippen LogP contribution in [0.4, 0.5) is 10.5 Å². The molecule has 0 aliphatic carbocycles. The smallest absolute Gasteiger partial charge is 0.414 e. The number of hydrogen-bond donors (Lipinski definition) is 0. The number of anilines is 1. The second-order valence-electron chi connectivity index (χ2n) is 6.84. The molecule has 1 unspecified atom stereocenters. The number of methoxy groups -OCH3 is 1. The molecular formula is C21H26N2O4. The van der Waals surface area contributed by atoms with Crippen molar-refractivity contribution >= 4 is 11.8 Å². The number of carbonyl (C=O) groups excluding carboxylic acids is 1. The van der Waals surface area contributed by atoms with E-state index >= 15 is 0 Å². The molecular weight excluding hydrogens is 344 g/mol. The summed E-state index contributed by atoms with van der Waals surface area (Å²) in [7, 11) is 5.67. The normalized spacial score (nSPS) is 16.5. The Morgan fingerprint density at radius 2 is 1.93 bits per heavy atom. The maximum atomic E-state index is 12.1. The Morgan fingerprint density at radius 1 is 1.15 bits per heavy atom. The van der Waals surface area contributed by atoms with E-state index in [4.69, 9.17) is 14.2 Å². The monoisotopic (exact) mass is 370 g/mol. The fraction of sp³-hybridized carbons (Fsp3) is 0.381. The predicted molar refractivity (Wildman–Crippen MR) is 105 cm³/mol. The molecule has 1 atom stereocenters. The highest BCUT2D eigenvalue weighted by atomic mass is 16.6. The van der Waals surface area contributed by atoms with Gasteiger partial charge < -0.3 is 19.1 Å². The van der Waals surface area contributed by atoms with Gasteiger partial charge in [0.1, 0.15) is 24.2 Å². The zero-order valence-electron chi connectivity index (χ0n) is 16.1. The van der Waals surface area contributed by atoms with Gasteiger partial charge in [-0.05, 0) is 62.5 Å². The van der Waals surface area contributed by atoms with Gasteiger partial charge in [-0.2, -0.15) is 0 Å². The minimum atomic E-state index is -0.288. The van der Waals surface area contributed by atoms with E-state index in [-0.39, 0.29) is 12.2 Å². The van der Waals surface area contributed by atoms with Gasteiger partial charge in [0.15, 0.2) is 0 Å². The Bertz CT molecular complexity index is 761. The lowest BCUT2D eigenvalue weighted by Crippen LogP contribution is -2.25. The molecule has 1 fully saturated rings. The van der Waals surface area contributed by atoms with Crippen LogP contribution >= 0.6 is 0 Å². The predicted octanol–water partition coefficient (Wildman–Crippen LogP) is 3.55. The van der Waals surface area contributed by atoms with Crippen LogP contribution in [0.25, 0.3) is 0 Å². The fourth-order valence-corrected chi connectivity index (χ4v) is 2.94. The summed E-state index contributed by atoms with van der Waals surface area (Å²) >= 11 is 0. The first kappa shape index (κ1) is 19.0. The van der Waals surface area contributed by atoms with Crippen molar-refractivity contribution in [3.05, 3.63) is 54.1 Å². The first-order valence-electron chi connectivity index (χ1n) is 9.04. The van der Waals surface area contributed by atoms with Gasteiger partial charge in [-0.1, -0.05) is 12.1 Å². The van der Waals surface area contributed by atoms with Crippen LogP contribution in [0, 0.1) is 0 Å². The van der Waals surface area contributed by atoms with Gasteiger partial charge in [-0.15, -0.1) is 0 Å². The average Bonchev–Trinajstić information content (AvgIpc) is 3.06. The van der Waals surface area contributed by atoms with Crippen molar-refractivity contribution in [1.29, 1.82) is 0 Å². The van der Waals surface area contributed by atoms with Crippen molar-refractivity contribution < 1.29 is 19.0 Å². The number of ether oxygens (including phenoxy) is 3. The minimum Gasteiger partial charge on any atom is -0.497 e. The van der Waals surface area contributed by atoms with E-state index in [9.17, 15) is 4.79 Å². The minimum absolute atomic E-state index is 0.0658. The molecule has 2 aromatic carbocycles. The van der Waals surface area contributed by atoms with Crippen molar-refractivity contribution in [2.24, 2.45) is 0 Å². The Balaban J connectivity index is 1.56. The molecule has 27 heavy (non-hydrogen) atoms. The Morgan fingerprint density at radius 3 is 2.63 bits per heavy atom. The second-order valence-corrected chi connectivity index (χ2v) is 6.84. The van der Waals surface area contributed by atoms with E-state index in [2.05, 4.69) is 4.90 Å². The molecule has 6 heteroatoms. The number of nitrogens with zero attached hydrogens (tertiary/aromatic N) is 2. The molecule has 0 N–H and O–H groups in total. The van der Waals surface area contributed by atoms with Crippen molar-refractivity contribution in [1.82, 2.24) is 4.90 Å². The molecule has 0 spiro atoms. The van der Waals surface area contributed by atoms with E-state index in [1.54, 1.807) is 12.0 Å². The number of carbonyl (C=O) groups is 1. The van der Waals surface area contributed by atoms with Gasteiger partial charge in [0, 0.05) is 12.2 Å². The van der Waals surface area contributed by atoms with Crippen molar-refractivity contribution in [2.45, 2.75) is 19.1 Å². The van der Waals surface area contributed by atoms with E-state index in [0.29, 0.717) is 13.2 Å². The molecule has 2 aromatic rings. The lowest BCUT2D eigenvalue weighted by atomic mass is 10.2. The Hall–Kier alpha value is -2.73. The maximum absolute atomic E-state index is 12.1. The molecule has 0 aromatic heterocycles. The van der Waals surface area contributed by atoms with E-state index in [1.165, 1.54) is 0 Å². The summed E-state index contributed by atoms with van der Waals surface area (Å²) in [5.41, 5.74) is 1.85. The van der Waals surface area contributed by atoms with Gasteiger partial charge in [0.25, 0.3) is 0 Å². The zero-order chi connectivity index (χ0) is 19.2. The molecule has 1 aliphatic rings. The van der Waals surface area contributed by atoms with Crippen molar-refractivity contribution in [3.8, 4) is 11.5 Å². The third kappa shape index (κ3) is 5.14. The Kier molecular flexibility index (Phi) is 6.19. The van der Waals surface area contributed by atoms with E-state index in [0.717, 1.165) is 35.7 Å². The number of cyclic esters (lactones) is 1. The van der Waals surface area contributed by atoms with Crippen LogP contribution in [-0.2, 0) is 11.3 Å². The average molecular weight is 370 g/mol. The molecule has 0 saturated carbocycles. The summed E-state index contributed by atoms with van der Waals surface area (Å²) in [5.74, 6) is 1.56. The molecule has 1 aliphatic heterocycles. The molecule has 0 radical (unpaired) electrons. The Labute approximate surface area is 160 Å². The summed E-state index contributed by atoms with van der Waals surface area (Å²) in [6, 6.07) is 15.3. The lowest BCUT2D eigenvalue weighted by molar-refractivity contribution is 0.131. The second kappa shape index (κ2) is 8.77. The van der Waals surface area contributed by atoms with Gasteiger partial charge in [-0.3, -0.25) is 4.90 Å². The quantitative estimate of drug-likeness (QED) is 0.711. The van der Waals surface area contributed by atoms with Gasteiger partial charge in [0.2, 0.25) is 0 Å². The SMILES string of the molecule is COc1cccc(COc2ccc(N3CC(CCN(C)C)OC3=O)cc2)c1. The molecule has 0 bridgehead atoms. The standard InChI is InChI=1S/C21H26N2O4/c1-22(2)12-11-20-14-23(21(24)27-20)17-7-9-18(10-8-17)26-15-16-5-4-6-19(13-16)25-3/h4-10,13,20H,11-12,14-15H2,1-3H3. The molecule has 1 heterocycles. The molecule has 3 rings (SSSR count). The van der Waals surface area contributed by atoms with Crippen LogP contribution in [-0.4, -0.2) is 51.4 Å². The highest BCUT2D eigenvalue weighted by Crippen LogP contribution is 2.25. The maximum Gasteiger partial charge on any atom is 0.414 e. The first-order chi connectivity index (χ1) is 13.0. The number of benzene rings is 2. The highest BCUT2D eigenvalue weighted by Gasteiger charge is 2.32. The fourth-order valence-electron chi connectivity index (χ4n) is 2.94. The zero-order valence-corrected chi connectivity index (χ0v) is 16.1. The summed E-state index contributed by atoms with van der Waals surface area (Å²) in [4.78, 5) is 15.9.